The zero-order valence-electron chi connectivity index (χ0n) is 9.83. The van der Waals surface area contributed by atoms with Crippen molar-refractivity contribution in [1.82, 2.24) is 0 Å². The first kappa shape index (κ1) is 12.8. The van der Waals surface area contributed by atoms with Gasteiger partial charge < -0.3 is 5.11 Å². The molecule has 0 amide bonds. The normalized spacial score (nSPS) is 13.6. The molecular weight excluding hydrogens is 207 g/mol. The number of hydrogen-bond donors (Lipinski definition) is 1. The third-order valence-corrected chi connectivity index (χ3v) is 2.42. The fourth-order valence-corrected chi connectivity index (χ4v) is 1.38. The Bertz CT molecular complexity index is 363. The molecular formula is C13H17FO2. The second-order valence-electron chi connectivity index (χ2n) is 5.04. The standard InChI is InChI=1S/C13H17FO2/c1-13(2,3)12(16)11(15)8-9-4-6-10(14)7-5-9/h4-7,12,16H,8H2,1-3H3. The highest BCUT2D eigenvalue weighted by atomic mass is 19.1. The Labute approximate surface area is 95.1 Å². The van der Waals surface area contributed by atoms with Gasteiger partial charge in [0.15, 0.2) is 5.78 Å². The van der Waals surface area contributed by atoms with E-state index in [2.05, 4.69) is 0 Å². The van der Waals surface area contributed by atoms with Crippen molar-refractivity contribution in [1.29, 1.82) is 0 Å². The van der Waals surface area contributed by atoms with Crippen molar-refractivity contribution < 1.29 is 14.3 Å². The van der Waals surface area contributed by atoms with E-state index in [1.54, 1.807) is 32.9 Å². The summed E-state index contributed by atoms with van der Waals surface area (Å²) in [6, 6.07) is 5.74. The molecule has 1 atom stereocenters. The number of aliphatic hydroxyl groups excluding tert-OH is 1. The van der Waals surface area contributed by atoms with Crippen LogP contribution in [0.25, 0.3) is 0 Å². The summed E-state index contributed by atoms with van der Waals surface area (Å²) >= 11 is 0. The number of benzene rings is 1. The van der Waals surface area contributed by atoms with Crippen LogP contribution < -0.4 is 0 Å². The van der Waals surface area contributed by atoms with Crippen LogP contribution in [0.1, 0.15) is 26.3 Å². The Morgan fingerprint density at radius 2 is 1.81 bits per heavy atom. The lowest BCUT2D eigenvalue weighted by Crippen LogP contribution is -2.35. The molecule has 0 aliphatic carbocycles. The van der Waals surface area contributed by atoms with Gasteiger partial charge in [-0.3, -0.25) is 4.79 Å². The summed E-state index contributed by atoms with van der Waals surface area (Å²) in [7, 11) is 0. The van der Waals surface area contributed by atoms with Gasteiger partial charge in [-0.1, -0.05) is 32.9 Å². The van der Waals surface area contributed by atoms with E-state index in [1.165, 1.54) is 12.1 Å². The highest BCUT2D eigenvalue weighted by Gasteiger charge is 2.28. The topological polar surface area (TPSA) is 37.3 Å². The second-order valence-corrected chi connectivity index (χ2v) is 5.04. The summed E-state index contributed by atoms with van der Waals surface area (Å²) in [5.41, 5.74) is 0.256. The Hall–Kier alpha value is -1.22. The largest absolute Gasteiger partial charge is 0.385 e. The SMILES string of the molecule is CC(C)(C)C(O)C(=O)Cc1ccc(F)cc1. The van der Waals surface area contributed by atoms with Gasteiger partial charge in [0.1, 0.15) is 11.9 Å². The lowest BCUT2D eigenvalue weighted by molar-refractivity contribution is -0.131. The van der Waals surface area contributed by atoms with Gasteiger partial charge in [0.05, 0.1) is 0 Å². The van der Waals surface area contributed by atoms with Crippen molar-refractivity contribution >= 4 is 5.78 Å². The number of carbonyl (C=O) groups is 1. The van der Waals surface area contributed by atoms with E-state index < -0.39 is 11.5 Å². The third kappa shape index (κ3) is 3.42. The number of ketones is 1. The van der Waals surface area contributed by atoms with Gasteiger partial charge in [0.25, 0.3) is 0 Å². The van der Waals surface area contributed by atoms with Crippen molar-refractivity contribution in [2.24, 2.45) is 5.41 Å². The minimum absolute atomic E-state index is 0.138. The molecule has 1 N–H and O–H groups in total. The van der Waals surface area contributed by atoms with E-state index >= 15 is 0 Å². The van der Waals surface area contributed by atoms with Crippen LogP contribution in [0.3, 0.4) is 0 Å². The maximum absolute atomic E-state index is 12.6. The Balaban J connectivity index is 2.68. The van der Waals surface area contributed by atoms with Crippen molar-refractivity contribution in [3.63, 3.8) is 0 Å². The molecule has 3 heteroatoms. The molecule has 1 unspecified atom stereocenters. The lowest BCUT2D eigenvalue weighted by atomic mass is 9.85. The molecule has 0 aliphatic rings. The van der Waals surface area contributed by atoms with Crippen LogP contribution in [-0.2, 0) is 11.2 Å². The van der Waals surface area contributed by atoms with Gasteiger partial charge in [0, 0.05) is 6.42 Å². The van der Waals surface area contributed by atoms with Gasteiger partial charge in [-0.15, -0.1) is 0 Å². The monoisotopic (exact) mass is 224 g/mol. The number of carbonyl (C=O) groups excluding carboxylic acids is 1. The van der Waals surface area contributed by atoms with Crippen LogP contribution in [0.15, 0.2) is 24.3 Å². The average Bonchev–Trinajstić information content (AvgIpc) is 2.19. The molecule has 88 valence electrons. The van der Waals surface area contributed by atoms with Crippen LogP contribution in [0, 0.1) is 11.2 Å². The van der Waals surface area contributed by atoms with E-state index in [1.807, 2.05) is 0 Å². The van der Waals surface area contributed by atoms with Gasteiger partial charge in [-0.05, 0) is 23.1 Å². The molecule has 0 spiro atoms. The zero-order chi connectivity index (χ0) is 12.3. The van der Waals surface area contributed by atoms with Gasteiger partial charge in [0.2, 0.25) is 0 Å². The van der Waals surface area contributed by atoms with E-state index in [-0.39, 0.29) is 18.0 Å². The quantitative estimate of drug-likeness (QED) is 0.855. The van der Waals surface area contributed by atoms with Crippen LogP contribution in [0.2, 0.25) is 0 Å². The minimum Gasteiger partial charge on any atom is -0.385 e. The predicted octanol–water partition coefficient (Wildman–Crippen LogP) is 2.34. The first-order valence-electron chi connectivity index (χ1n) is 5.26. The molecule has 0 heterocycles. The van der Waals surface area contributed by atoms with Crippen LogP contribution in [0.4, 0.5) is 4.39 Å². The van der Waals surface area contributed by atoms with Crippen molar-refractivity contribution in [3.8, 4) is 0 Å². The van der Waals surface area contributed by atoms with Crippen LogP contribution in [0.5, 0.6) is 0 Å². The summed E-state index contributed by atoms with van der Waals surface area (Å²) in [6.45, 7) is 5.42. The van der Waals surface area contributed by atoms with E-state index in [0.29, 0.717) is 0 Å². The smallest absolute Gasteiger partial charge is 0.166 e. The Morgan fingerprint density at radius 3 is 2.25 bits per heavy atom. The molecule has 0 aliphatic heterocycles. The van der Waals surface area contributed by atoms with Crippen molar-refractivity contribution in [2.75, 3.05) is 0 Å². The molecule has 1 rings (SSSR count). The zero-order valence-corrected chi connectivity index (χ0v) is 9.83. The first-order valence-corrected chi connectivity index (χ1v) is 5.26. The van der Waals surface area contributed by atoms with Crippen molar-refractivity contribution in [3.05, 3.63) is 35.6 Å². The van der Waals surface area contributed by atoms with E-state index in [9.17, 15) is 14.3 Å². The maximum atomic E-state index is 12.6. The highest BCUT2D eigenvalue weighted by Crippen LogP contribution is 2.21. The molecule has 0 bridgehead atoms. The number of Topliss-reactive ketones (excluding diaryl/α,β-unsaturated/α-hetero) is 1. The second kappa shape index (κ2) is 4.74. The summed E-state index contributed by atoms with van der Waals surface area (Å²) in [4.78, 5) is 11.7. The molecule has 1 aromatic carbocycles. The van der Waals surface area contributed by atoms with E-state index in [0.717, 1.165) is 5.56 Å². The molecule has 16 heavy (non-hydrogen) atoms. The van der Waals surface area contributed by atoms with Crippen LogP contribution >= 0.6 is 0 Å². The van der Waals surface area contributed by atoms with Gasteiger partial charge in [-0.25, -0.2) is 4.39 Å². The molecule has 0 radical (unpaired) electrons. The number of hydrogen-bond acceptors (Lipinski definition) is 2. The Morgan fingerprint density at radius 1 is 1.31 bits per heavy atom. The minimum atomic E-state index is -0.988. The fraction of sp³-hybridized carbons (Fsp3) is 0.462. The fourth-order valence-electron chi connectivity index (χ4n) is 1.38. The van der Waals surface area contributed by atoms with Crippen molar-refractivity contribution in [2.45, 2.75) is 33.3 Å². The first-order chi connectivity index (χ1) is 7.30. The molecule has 0 saturated carbocycles. The molecule has 0 fully saturated rings. The van der Waals surface area contributed by atoms with E-state index in [4.69, 9.17) is 0 Å². The Kier molecular flexibility index (Phi) is 3.81. The number of halogens is 1. The van der Waals surface area contributed by atoms with Crippen LogP contribution in [-0.4, -0.2) is 17.0 Å². The number of aliphatic hydroxyl groups is 1. The summed E-state index contributed by atoms with van der Waals surface area (Å²) < 4.78 is 12.6. The average molecular weight is 224 g/mol. The highest BCUT2D eigenvalue weighted by molar-refractivity contribution is 5.85. The van der Waals surface area contributed by atoms with Gasteiger partial charge >= 0.3 is 0 Å². The number of rotatable bonds is 3. The maximum Gasteiger partial charge on any atom is 0.166 e. The predicted molar refractivity (Wildman–Crippen MR) is 60.6 cm³/mol. The molecule has 1 aromatic rings. The summed E-state index contributed by atoms with van der Waals surface area (Å²) in [5.74, 6) is -0.563. The summed E-state index contributed by atoms with van der Waals surface area (Å²) in [5, 5.41) is 9.75. The van der Waals surface area contributed by atoms with Gasteiger partial charge in [-0.2, -0.15) is 0 Å². The summed E-state index contributed by atoms with van der Waals surface area (Å²) in [6.07, 6.45) is -0.851. The molecule has 0 aromatic heterocycles. The lowest BCUT2D eigenvalue weighted by Gasteiger charge is -2.24. The molecule has 2 nitrogen and oxygen atoms in total. The molecule has 0 saturated heterocycles. The third-order valence-electron chi connectivity index (χ3n) is 2.42.